The molecule has 2 aliphatic rings. The van der Waals surface area contributed by atoms with Crippen molar-refractivity contribution in [3.05, 3.63) is 100 Å². The van der Waals surface area contributed by atoms with Crippen LogP contribution in [0.2, 0.25) is 0 Å². The van der Waals surface area contributed by atoms with Gasteiger partial charge in [0.15, 0.2) is 0 Å². The van der Waals surface area contributed by atoms with Gasteiger partial charge in [0.05, 0.1) is 5.69 Å². The molecule has 0 aromatic heterocycles. The first kappa shape index (κ1) is 20.1. The van der Waals surface area contributed by atoms with Crippen molar-refractivity contribution < 1.29 is 0 Å². The summed E-state index contributed by atoms with van der Waals surface area (Å²) in [4.78, 5) is 0. The number of rotatable bonds is 2. The Labute approximate surface area is 195 Å². The van der Waals surface area contributed by atoms with Crippen LogP contribution in [-0.4, -0.2) is 0 Å². The lowest BCUT2D eigenvalue weighted by atomic mass is 9.79. The molecule has 0 spiro atoms. The lowest BCUT2D eigenvalue weighted by molar-refractivity contribution is 0.650. The Balaban J connectivity index is 1.64. The van der Waals surface area contributed by atoms with Gasteiger partial charge in [-0.3, -0.25) is 0 Å². The quantitative estimate of drug-likeness (QED) is 0.316. The van der Waals surface area contributed by atoms with Crippen LogP contribution in [0.15, 0.2) is 78.0 Å². The Hall–Kier alpha value is -3.52. The first-order chi connectivity index (χ1) is 15.8. The molecule has 0 amide bonds. The number of nitrogens with two attached hydrogens (primary N) is 1. The number of anilines is 2. The second-order valence-electron chi connectivity index (χ2n) is 10.3. The fourth-order valence-corrected chi connectivity index (χ4v) is 5.94. The molecule has 0 heterocycles. The summed E-state index contributed by atoms with van der Waals surface area (Å²) in [6.45, 7) is 8.99. The van der Waals surface area contributed by atoms with Gasteiger partial charge in [-0.2, -0.15) is 0 Å². The van der Waals surface area contributed by atoms with Gasteiger partial charge in [0.1, 0.15) is 0 Å². The first-order valence-electron chi connectivity index (χ1n) is 11.9. The van der Waals surface area contributed by atoms with Crippen molar-refractivity contribution in [2.24, 2.45) is 5.73 Å². The summed E-state index contributed by atoms with van der Waals surface area (Å²) in [5, 5.41) is 8.88. The van der Waals surface area contributed by atoms with E-state index in [9.17, 15) is 0 Å². The topological polar surface area (TPSA) is 38.0 Å². The van der Waals surface area contributed by atoms with E-state index in [-0.39, 0.29) is 5.41 Å². The van der Waals surface area contributed by atoms with Gasteiger partial charge in [0.2, 0.25) is 0 Å². The molecule has 0 radical (unpaired) electrons. The highest BCUT2D eigenvalue weighted by atomic mass is 14.9. The van der Waals surface area contributed by atoms with Crippen molar-refractivity contribution in [3.8, 4) is 0 Å². The SMILES string of the molecule is Cc1cc(C)cc(Nc2c3ccccc3cc3cc4c(cc23)C2=C(C=C(N)CC2)C4(C)C)c1. The fraction of sp³-hybridized carbons (Fsp3) is 0.226. The van der Waals surface area contributed by atoms with Crippen molar-refractivity contribution in [1.82, 2.24) is 0 Å². The highest BCUT2D eigenvalue weighted by Crippen LogP contribution is 2.52. The number of aryl methyl sites for hydroxylation is 2. The van der Waals surface area contributed by atoms with Gasteiger partial charge in [0, 0.05) is 27.6 Å². The molecule has 164 valence electrons. The predicted molar refractivity (Wildman–Crippen MR) is 142 cm³/mol. The van der Waals surface area contributed by atoms with Crippen LogP contribution in [0.3, 0.4) is 0 Å². The van der Waals surface area contributed by atoms with E-state index in [1.54, 1.807) is 0 Å². The van der Waals surface area contributed by atoms with Gasteiger partial charge in [-0.1, -0.05) is 44.2 Å². The summed E-state index contributed by atoms with van der Waals surface area (Å²) < 4.78 is 0. The lowest BCUT2D eigenvalue weighted by Crippen LogP contribution is -2.18. The maximum absolute atomic E-state index is 6.27. The molecule has 0 atom stereocenters. The Kier molecular flexibility index (Phi) is 4.26. The molecule has 0 unspecified atom stereocenters. The largest absolute Gasteiger partial charge is 0.402 e. The fourth-order valence-electron chi connectivity index (χ4n) is 5.94. The van der Waals surface area contributed by atoms with Crippen molar-refractivity contribution >= 4 is 38.5 Å². The van der Waals surface area contributed by atoms with E-state index in [2.05, 4.69) is 99.8 Å². The van der Waals surface area contributed by atoms with Crippen LogP contribution < -0.4 is 11.1 Å². The van der Waals surface area contributed by atoms with Crippen molar-refractivity contribution in [1.29, 1.82) is 0 Å². The summed E-state index contributed by atoms with van der Waals surface area (Å²) in [5.41, 5.74) is 17.8. The molecule has 6 rings (SSSR count). The van der Waals surface area contributed by atoms with Crippen LogP contribution in [0, 0.1) is 13.8 Å². The Morgan fingerprint density at radius 3 is 2.36 bits per heavy atom. The second kappa shape index (κ2) is 6.99. The summed E-state index contributed by atoms with van der Waals surface area (Å²) in [6.07, 6.45) is 4.19. The van der Waals surface area contributed by atoms with Crippen molar-refractivity contribution in [2.75, 3.05) is 5.32 Å². The molecule has 0 saturated heterocycles. The highest BCUT2D eigenvalue weighted by molar-refractivity contribution is 6.13. The van der Waals surface area contributed by atoms with Crippen molar-refractivity contribution in [3.63, 3.8) is 0 Å². The second-order valence-corrected chi connectivity index (χ2v) is 10.3. The number of nitrogens with one attached hydrogen (secondary N) is 1. The van der Waals surface area contributed by atoms with E-state index < -0.39 is 0 Å². The summed E-state index contributed by atoms with van der Waals surface area (Å²) in [6, 6.07) is 22.6. The molecule has 0 saturated carbocycles. The normalized spacial score (nSPS) is 16.7. The van der Waals surface area contributed by atoms with Crippen LogP contribution in [0.4, 0.5) is 11.4 Å². The van der Waals surface area contributed by atoms with Crippen LogP contribution in [-0.2, 0) is 5.41 Å². The predicted octanol–water partition coefficient (Wildman–Crippen LogP) is 8.03. The maximum Gasteiger partial charge on any atom is 0.0543 e. The number of benzene rings is 4. The van der Waals surface area contributed by atoms with Gasteiger partial charge in [-0.25, -0.2) is 0 Å². The van der Waals surface area contributed by atoms with Gasteiger partial charge in [0.25, 0.3) is 0 Å². The van der Waals surface area contributed by atoms with Crippen LogP contribution in [0.5, 0.6) is 0 Å². The highest BCUT2D eigenvalue weighted by Gasteiger charge is 2.38. The molecule has 33 heavy (non-hydrogen) atoms. The number of allylic oxidation sites excluding steroid dienone is 4. The van der Waals surface area contributed by atoms with Crippen molar-refractivity contribution in [2.45, 2.75) is 46.0 Å². The summed E-state index contributed by atoms with van der Waals surface area (Å²) in [5.74, 6) is 0. The first-order valence-corrected chi connectivity index (χ1v) is 11.9. The molecule has 4 aromatic carbocycles. The maximum atomic E-state index is 6.27. The third-order valence-electron chi connectivity index (χ3n) is 7.48. The lowest BCUT2D eigenvalue weighted by Gasteiger charge is -2.25. The Morgan fingerprint density at radius 2 is 1.58 bits per heavy atom. The molecule has 0 bridgehead atoms. The smallest absolute Gasteiger partial charge is 0.0543 e. The monoisotopic (exact) mass is 430 g/mol. The van der Waals surface area contributed by atoms with Crippen LogP contribution in [0.25, 0.3) is 27.1 Å². The minimum Gasteiger partial charge on any atom is -0.402 e. The van der Waals surface area contributed by atoms with E-state index in [4.69, 9.17) is 5.73 Å². The van der Waals surface area contributed by atoms with E-state index in [1.807, 2.05) is 0 Å². The minimum absolute atomic E-state index is 0.0310. The summed E-state index contributed by atoms with van der Waals surface area (Å²) >= 11 is 0. The van der Waals surface area contributed by atoms with E-state index in [0.717, 1.165) is 24.2 Å². The molecule has 2 nitrogen and oxygen atoms in total. The van der Waals surface area contributed by atoms with Gasteiger partial charge in [-0.05, 0) is 107 Å². The number of fused-ring (bicyclic) bond motifs is 4. The molecule has 0 aliphatic heterocycles. The molecular formula is C31H30N2. The average Bonchev–Trinajstić information content (AvgIpc) is 2.98. The zero-order valence-electron chi connectivity index (χ0n) is 19.8. The molecular weight excluding hydrogens is 400 g/mol. The van der Waals surface area contributed by atoms with Gasteiger partial charge >= 0.3 is 0 Å². The van der Waals surface area contributed by atoms with E-state index in [1.165, 1.54) is 60.6 Å². The minimum atomic E-state index is -0.0310. The standard InChI is InChI=1S/C31H30N2/c1-18-11-19(2)13-23(12-18)33-30-24-8-6-5-7-20(24)14-21-15-28-27(17-26(21)30)25-10-9-22(32)16-29(25)31(28,3)4/h5-8,11-17,33H,9-10,32H2,1-4H3. The van der Waals surface area contributed by atoms with E-state index >= 15 is 0 Å². The zero-order valence-corrected chi connectivity index (χ0v) is 19.8. The average molecular weight is 431 g/mol. The third kappa shape index (κ3) is 3.08. The van der Waals surface area contributed by atoms with Gasteiger partial charge in [-0.15, -0.1) is 0 Å². The van der Waals surface area contributed by atoms with Crippen LogP contribution >= 0.6 is 0 Å². The molecule has 3 N–H and O–H groups in total. The van der Waals surface area contributed by atoms with E-state index in [0.29, 0.717) is 0 Å². The summed E-state index contributed by atoms with van der Waals surface area (Å²) in [7, 11) is 0. The molecule has 0 fully saturated rings. The third-order valence-corrected chi connectivity index (χ3v) is 7.48. The molecule has 2 aliphatic carbocycles. The Bertz CT molecular complexity index is 1510. The zero-order chi connectivity index (χ0) is 22.9. The number of hydrogen-bond donors (Lipinski definition) is 2. The van der Waals surface area contributed by atoms with Crippen LogP contribution in [0.1, 0.15) is 48.9 Å². The molecule has 4 aromatic rings. The molecule has 2 heteroatoms. The Morgan fingerprint density at radius 1 is 0.818 bits per heavy atom. The van der Waals surface area contributed by atoms with Gasteiger partial charge < -0.3 is 11.1 Å². The number of hydrogen-bond acceptors (Lipinski definition) is 2.